The Morgan fingerprint density at radius 3 is 2.79 bits per heavy atom. The molecule has 0 saturated heterocycles. The second-order valence-electron chi connectivity index (χ2n) is 4.17. The summed E-state index contributed by atoms with van der Waals surface area (Å²) in [6, 6.07) is 7.22. The van der Waals surface area contributed by atoms with Gasteiger partial charge >= 0.3 is 0 Å². The molecule has 1 aromatic rings. The van der Waals surface area contributed by atoms with Crippen LogP contribution in [0.25, 0.3) is 0 Å². The molecule has 0 spiro atoms. The molecule has 0 fully saturated rings. The Balaban J connectivity index is 2.94. The number of anilines is 2. The van der Waals surface area contributed by atoms with Crippen LogP contribution in [0.4, 0.5) is 11.4 Å². The van der Waals surface area contributed by atoms with Crippen molar-refractivity contribution in [2.75, 3.05) is 24.3 Å². The zero-order valence-corrected chi connectivity index (χ0v) is 11.5. The maximum absolute atomic E-state index is 11.8. The van der Waals surface area contributed by atoms with E-state index in [1.54, 1.807) is 25.1 Å². The highest BCUT2D eigenvalue weighted by Gasteiger charge is 2.14. The van der Waals surface area contributed by atoms with Crippen LogP contribution in [-0.4, -0.2) is 25.7 Å². The van der Waals surface area contributed by atoms with E-state index in [0.29, 0.717) is 11.3 Å². The van der Waals surface area contributed by atoms with Crippen LogP contribution in [0.5, 0.6) is 0 Å². The van der Waals surface area contributed by atoms with Crippen molar-refractivity contribution in [3.63, 3.8) is 0 Å². The molecule has 1 unspecified atom stereocenters. The first-order chi connectivity index (χ1) is 9.12. The van der Waals surface area contributed by atoms with Gasteiger partial charge in [0, 0.05) is 13.7 Å². The van der Waals surface area contributed by atoms with Crippen molar-refractivity contribution in [2.24, 2.45) is 0 Å². The van der Waals surface area contributed by atoms with Crippen molar-refractivity contribution in [3.8, 4) is 6.07 Å². The minimum Gasteiger partial charge on any atom is -0.383 e. The minimum absolute atomic E-state index is 0.239. The zero-order chi connectivity index (χ0) is 14.3. The van der Waals surface area contributed by atoms with Crippen molar-refractivity contribution >= 4 is 17.3 Å². The number of amides is 1. The maximum atomic E-state index is 11.8. The molecule has 0 saturated carbocycles. The van der Waals surface area contributed by atoms with E-state index in [1.165, 1.54) is 7.11 Å². The van der Waals surface area contributed by atoms with Gasteiger partial charge in [-0.05, 0) is 31.5 Å². The lowest BCUT2D eigenvalue weighted by molar-refractivity contribution is -0.124. The monoisotopic (exact) mass is 261 g/mol. The van der Waals surface area contributed by atoms with Crippen LogP contribution >= 0.6 is 0 Å². The highest BCUT2D eigenvalue weighted by atomic mass is 16.5. The average molecular weight is 261 g/mol. The second-order valence-corrected chi connectivity index (χ2v) is 4.17. The number of methoxy groups -OCH3 is 1. The fourth-order valence-electron chi connectivity index (χ4n) is 1.47. The van der Waals surface area contributed by atoms with Gasteiger partial charge in [0.05, 0.1) is 23.0 Å². The van der Waals surface area contributed by atoms with Gasteiger partial charge < -0.3 is 15.4 Å². The lowest BCUT2D eigenvalue weighted by atomic mass is 10.1. The first-order valence-electron chi connectivity index (χ1n) is 6.24. The van der Waals surface area contributed by atoms with Gasteiger partial charge in [-0.1, -0.05) is 6.92 Å². The van der Waals surface area contributed by atoms with Crippen LogP contribution in [-0.2, 0) is 9.53 Å². The summed E-state index contributed by atoms with van der Waals surface area (Å²) in [5, 5.41) is 14.9. The van der Waals surface area contributed by atoms with E-state index in [1.807, 2.05) is 0 Å². The molecule has 0 radical (unpaired) electrons. The van der Waals surface area contributed by atoms with Crippen molar-refractivity contribution in [1.29, 1.82) is 5.26 Å². The number of nitriles is 1. The number of hydrogen-bond donors (Lipinski definition) is 2. The number of nitrogens with zero attached hydrogens (tertiary/aromatic N) is 1. The van der Waals surface area contributed by atoms with Gasteiger partial charge in [-0.15, -0.1) is 0 Å². The van der Waals surface area contributed by atoms with Crippen LogP contribution < -0.4 is 10.6 Å². The first-order valence-corrected chi connectivity index (χ1v) is 6.24. The van der Waals surface area contributed by atoms with Crippen LogP contribution in [0.15, 0.2) is 18.2 Å². The molecule has 102 valence electrons. The second kappa shape index (κ2) is 7.39. The number of nitrogens with one attached hydrogen (secondary N) is 2. The number of ether oxygens (including phenoxy) is 1. The molecule has 0 bridgehead atoms. The summed E-state index contributed by atoms with van der Waals surface area (Å²) in [6.45, 7) is 4.53. The van der Waals surface area contributed by atoms with Crippen LogP contribution in [0.2, 0.25) is 0 Å². The fourth-order valence-corrected chi connectivity index (χ4v) is 1.47. The lowest BCUT2D eigenvalue weighted by Gasteiger charge is -2.15. The molecular formula is C14H19N3O2. The average Bonchev–Trinajstić information content (AvgIpc) is 2.44. The molecule has 2 N–H and O–H groups in total. The van der Waals surface area contributed by atoms with E-state index in [0.717, 1.165) is 18.7 Å². The van der Waals surface area contributed by atoms with Gasteiger partial charge in [0.25, 0.3) is 5.91 Å². The zero-order valence-electron chi connectivity index (χ0n) is 11.5. The van der Waals surface area contributed by atoms with Crippen molar-refractivity contribution in [1.82, 2.24) is 0 Å². The van der Waals surface area contributed by atoms with E-state index in [-0.39, 0.29) is 5.91 Å². The molecular weight excluding hydrogens is 242 g/mol. The standard InChI is InChI=1S/C14H19N3O2/c1-4-7-16-12-6-5-11(9-15)8-13(12)17-14(18)10(2)19-3/h5-6,8,10,16H,4,7H2,1-3H3,(H,17,18). The summed E-state index contributed by atoms with van der Waals surface area (Å²) >= 11 is 0. The van der Waals surface area contributed by atoms with E-state index >= 15 is 0 Å². The summed E-state index contributed by atoms with van der Waals surface area (Å²) in [4.78, 5) is 11.8. The molecule has 0 aliphatic rings. The van der Waals surface area contributed by atoms with Crippen molar-refractivity contribution in [2.45, 2.75) is 26.4 Å². The Hall–Kier alpha value is -2.06. The van der Waals surface area contributed by atoms with E-state index in [4.69, 9.17) is 10.00 Å². The molecule has 19 heavy (non-hydrogen) atoms. The van der Waals surface area contributed by atoms with Gasteiger partial charge in [0.2, 0.25) is 0 Å². The molecule has 1 aromatic carbocycles. The van der Waals surface area contributed by atoms with E-state index < -0.39 is 6.10 Å². The quantitative estimate of drug-likeness (QED) is 0.824. The highest BCUT2D eigenvalue weighted by Crippen LogP contribution is 2.23. The summed E-state index contributed by atoms with van der Waals surface area (Å²) in [6.07, 6.45) is 0.437. The molecule has 1 atom stereocenters. The van der Waals surface area contributed by atoms with Crippen LogP contribution in [0.3, 0.4) is 0 Å². The number of hydrogen-bond acceptors (Lipinski definition) is 4. The predicted molar refractivity (Wildman–Crippen MR) is 75.0 cm³/mol. The molecule has 0 aromatic heterocycles. The Morgan fingerprint density at radius 1 is 1.47 bits per heavy atom. The minimum atomic E-state index is -0.537. The fraction of sp³-hybridized carbons (Fsp3) is 0.429. The van der Waals surface area contributed by atoms with Crippen molar-refractivity contribution in [3.05, 3.63) is 23.8 Å². The molecule has 5 nitrogen and oxygen atoms in total. The Morgan fingerprint density at radius 2 is 2.21 bits per heavy atom. The van der Waals surface area contributed by atoms with Gasteiger partial charge in [-0.2, -0.15) is 5.26 Å². The molecule has 0 aliphatic carbocycles. The van der Waals surface area contributed by atoms with Crippen LogP contribution in [0, 0.1) is 11.3 Å². The molecule has 0 heterocycles. The van der Waals surface area contributed by atoms with Crippen LogP contribution in [0.1, 0.15) is 25.8 Å². The molecule has 0 aliphatic heterocycles. The third-order valence-electron chi connectivity index (χ3n) is 2.69. The molecule has 1 amide bonds. The normalized spacial score (nSPS) is 11.5. The smallest absolute Gasteiger partial charge is 0.253 e. The third-order valence-corrected chi connectivity index (χ3v) is 2.69. The Labute approximate surface area is 113 Å². The third kappa shape index (κ3) is 4.27. The summed E-state index contributed by atoms with van der Waals surface area (Å²) < 4.78 is 4.96. The molecule has 5 heteroatoms. The number of benzene rings is 1. The largest absolute Gasteiger partial charge is 0.383 e. The summed E-state index contributed by atoms with van der Waals surface area (Å²) in [7, 11) is 1.48. The highest BCUT2D eigenvalue weighted by molar-refractivity contribution is 5.97. The lowest BCUT2D eigenvalue weighted by Crippen LogP contribution is -2.27. The predicted octanol–water partition coefficient (Wildman–Crippen LogP) is 2.35. The summed E-state index contributed by atoms with van der Waals surface area (Å²) in [5.41, 5.74) is 1.90. The number of carbonyl (C=O) groups excluding carboxylic acids is 1. The van der Waals surface area contributed by atoms with Gasteiger partial charge in [0.15, 0.2) is 0 Å². The topological polar surface area (TPSA) is 74.2 Å². The maximum Gasteiger partial charge on any atom is 0.253 e. The van der Waals surface area contributed by atoms with E-state index in [2.05, 4.69) is 23.6 Å². The Kier molecular flexibility index (Phi) is 5.83. The van der Waals surface area contributed by atoms with E-state index in [9.17, 15) is 4.79 Å². The number of rotatable bonds is 6. The number of carbonyl (C=O) groups is 1. The van der Waals surface area contributed by atoms with Gasteiger partial charge in [0.1, 0.15) is 6.10 Å². The van der Waals surface area contributed by atoms with Gasteiger partial charge in [-0.25, -0.2) is 0 Å². The first kappa shape index (κ1) is 15.0. The summed E-state index contributed by atoms with van der Waals surface area (Å²) in [5.74, 6) is -0.239. The Bertz CT molecular complexity index is 480. The van der Waals surface area contributed by atoms with Crippen molar-refractivity contribution < 1.29 is 9.53 Å². The van der Waals surface area contributed by atoms with Gasteiger partial charge in [-0.3, -0.25) is 4.79 Å². The SMILES string of the molecule is CCCNc1ccc(C#N)cc1NC(=O)C(C)OC. The molecule has 1 rings (SSSR count).